The molecule has 2 heterocycles. The monoisotopic (exact) mass is 835 g/mol. The molecule has 2 N–H and O–H groups in total. The van der Waals surface area contributed by atoms with Gasteiger partial charge in [0.2, 0.25) is 17.7 Å². The minimum Gasteiger partial charge on any atom is -0.379 e. The zero-order valence-corrected chi connectivity index (χ0v) is 35.3. The van der Waals surface area contributed by atoms with Crippen LogP contribution in [0.2, 0.25) is 0 Å². The second-order valence-electron chi connectivity index (χ2n) is 14.4. The summed E-state index contributed by atoms with van der Waals surface area (Å²) in [5.41, 5.74) is 0.394. The third-order valence-electron chi connectivity index (χ3n) is 9.68. The smallest absolute Gasteiger partial charge is 0.264 e. The van der Waals surface area contributed by atoms with Gasteiger partial charge in [0.05, 0.1) is 109 Å². The van der Waals surface area contributed by atoms with Gasteiger partial charge in [0.25, 0.3) is 11.8 Å². The topological polar surface area (TPSA) is 186 Å². The molecule has 1 unspecified atom stereocenters. The Hall–Kier alpha value is -3.35. The first-order valence-electron chi connectivity index (χ1n) is 21.7. The number of nitrogens with zero attached hydrogens (tertiary/aromatic N) is 1. The van der Waals surface area contributed by atoms with Crippen molar-refractivity contribution in [1.82, 2.24) is 10.2 Å². The van der Waals surface area contributed by atoms with Crippen LogP contribution in [0.5, 0.6) is 0 Å². The zero-order chi connectivity index (χ0) is 42.2. The molecule has 1 aromatic carbocycles. The average Bonchev–Trinajstić information content (AvgIpc) is 3.48. The fraction of sp³-hybridized carbons (Fsp3) is 0.744. The maximum atomic E-state index is 13.2. The van der Waals surface area contributed by atoms with Gasteiger partial charge in [0.1, 0.15) is 6.04 Å². The molecule has 1 aromatic rings. The molecule has 3 rings (SSSR count). The third kappa shape index (κ3) is 21.1. The largest absolute Gasteiger partial charge is 0.379 e. The molecule has 16 nitrogen and oxygen atoms in total. The number of benzene rings is 1. The molecule has 0 bridgehead atoms. The number of anilines is 1. The molecular weight excluding hydrogens is 766 g/mol. The zero-order valence-electron chi connectivity index (χ0n) is 35.3. The van der Waals surface area contributed by atoms with Gasteiger partial charge in [-0.3, -0.25) is 34.2 Å². The molecule has 334 valence electrons. The van der Waals surface area contributed by atoms with Crippen molar-refractivity contribution in [3.8, 4) is 0 Å². The first-order chi connectivity index (χ1) is 28.9. The minimum absolute atomic E-state index is 0.0313. The van der Waals surface area contributed by atoms with Crippen molar-refractivity contribution in [2.75, 3.05) is 111 Å². The van der Waals surface area contributed by atoms with E-state index in [1.54, 1.807) is 12.1 Å². The number of ether oxygens (including phenoxy) is 8. The Morgan fingerprint density at radius 3 is 1.51 bits per heavy atom. The van der Waals surface area contributed by atoms with E-state index in [4.69, 9.17) is 37.9 Å². The van der Waals surface area contributed by atoms with E-state index in [0.29, 0.717) is 106 Å². The van der Waals surface area contributed by atoms with Gasteiger partial charge in [-0.25, -0.2) is 0 Å². The van der Waals surface area contributed by atoms with Crippen LogP contribution in [-0.2, 0) is 52.3 Å². The molecule has 0 radical (unpaired) electrons. The lowest BCUT2D eigenvalue weighted by molar-refractivity contribution is -0.136. The van der Waals surface area contributed by atoms with Crippen molar-refractivity contribution in [2.45, 2.75) is 103 Å². The second-order valence-corrected chi connectivity index (χ2v) is 14.4. The Bertz CT molecular complexity index is 1360. The van der Waals surface area contributed by atoms with Crippen LogP contribution in [0.3, 0.4) is 0 Å². The summed E-state index contributed by atoms with van der Waals surface area (Å²) in [6.07, 6.45) is 12.9. The standard InChI is InChI=1S/C43H69N3O13/c1-2-3-4-5-6-7-8-11-19-52-21-23-54-25-27-56-29-31-58-33-34-59-32-30-57-28-26-55-24-22-53-20-12-9-10-16-38(47)44-36-15-13-14-35-40(36)43(51)46(42(35)50)37-17-18-39(48)45-41(37)49/h13-15,37H,2-12,16-34H2,1H3,(H,44,47)(H,45,48,49). The summed E-state index contributed by atoms with van der Waals surface area (Å²) < 4.78 is 44.4. The fourth-order valence-corrected chi connectivity index (χ4v) is 6.48. The number of hydrogen-bond donors (Lipinski definition) is 2. The van der Waals surface area contributed by atoms with Gasteiger partial charge >= 0.3 is 0 Å². The maximum absolute atomic E-state index is 13.2. The van der Waals surface area contributed by atoms with E-state index in [2.05, 4.69) is 17.6 Å². The highest BCUT2D eigenvalue weighted by atomic mass is 16.6. The van der Waals surface area contributed by atoms with Gasteiger partial charge in [0.15, 0.2) is 0 Å². The van der Waals surface area contributed by atoms with Gasteiger partial charge in [0, 0.05) is 26.1 Å². The summed E-state index contributed by atoms with van der Waals surface area (Å²) in [4.78, 5) is 63.6. The summed E-state index contributed by atoms with van der Waals surface area (Å²) in [5.74, 6) is -2.70. The third-order valence-corrected chi connectivity index (χ3v) is 9.68. The minimum atomic E-state index is -1.07. The molecule has 0 aromatic heterocycles. The molecule has 0 saturated carbocycles. The summed E-state index contributed by atoms with van der Waals surface area (Å²) >= 11 is 0. The Kier molecular flexibility index (Phi) is 27.5. The van der Waals surface area contributed by atoms with E-state index in [0.717, 1.165) is 30.8 Å². The SMILES string of the molecule is CCCCCCCCCCOCCOCCOCCOCCOCCOCCOCCOCCCCCC(=O)Nc1cccc2c1C(=O)N(C1CCC(=O)NC1=O)C2=O. The van der Waals surface area contributed by atoms with Crippen molar-refractivity contribution >= 4 is 35.2 Å². The number of fused-ring (bicyclic) bond motifs is 1. The van der Waals surface area contributed by atoms with Gasteiger partial charge < -0.3 is 43.2 Å². The number of hydrogen-bond acceptors (Lipinski definition) is 13. The molecule has 1 atom stereocenters. The van der Waals surface area contributed by atoms with Crippen LogP contribution in [0.1, 0.15) is 118 Å². The van der Waals surface area contributed by atoms with Crippen molar-refractivity contribution in [3.63, 3.8) is 0 Å². The molecule has 5 amide bonds. The number of carbonyl (C=O) groups excluding carboxylic acids is 5. The van der Waals surface area contributed by atoms with E-state index in [-0.39, 0.29) is 42.0 Å². The number of carbonyl (C=O) groups is 5. The van der Waals surface area contributed by atoms with Gasteiger partial charge in [-0.05, 0) is 37.8 Å². The van der Waals surface area contributed by atoms with Crippen LogP contribution < -0.4 is 10.6 Å². The van der Waals surface area contributed by atoms with E-state index < -0.39 is 29.7 Å². The molecule has 59 heavy (non-hydrogen) atoms. The highest BCUT2D eigenvalue weighted by Crippen LogP contribution is 2.32. The van der Waals surface area contributed by atoms with Crippen LogP contribution in [0.25, 0.3) is 0 Å². The number of amides is 5. The second kappa shape index (κ2) is 32.4. The molecule has 0 aliphatic carbocycles. The van der Waals surface area contributed by atoms with Crippen molar-refractivity contribution in [1.29, 1.82) is 0 Å². The molecule has 2 aliphatic rings. The van der Waals surface area contributed by atoms with E-state index in [9.17, 15) is 24.0 Å². The maximum Gasteiger partial charge on any atom is 0.264 e. The number of nitrogens with one attached hydrogen (secondary N) is 2. The van der Waals surface area contributed by atoms with Crippen molar-refractivity contribution in [3.05, 3.63) is 29.3 Å². The Morgan fingerprint density at radius 1 is 0.593 bits per heavy atom. The average molecular weight is 836 g/mol. The summed E-state index contributed by atoms with van der Waals surface area (Å²) in [6, 6.07) is 3.54. The first kappa shape index (κ1) is 50.0. The van der Waals surface area contributed by atoms with Gasteiger partial charge in [-0.15, -0.1) is 0 Å². The predicted molar refractivity (Wildman–Crippen MR) is 219 cm³/mol. The van der Waals surface area contributed by atoms with Gasteiger partial charge in [-0.1, -0.05) is 64.4 Å². The Balaban J connectivity index is 1.01. The van der Waals surface area contributed by atoms with E-state index in [1.165, 1.54) is 51.0 Å². The predicted octanol–water partition coefficient (Wildman–Crippen LogP) is 4.86. The number of rotatable bonds is 38. The lowest BCUT2D eigenvalue weighted by atomic mass is 10.0. The summed E-state index contributed by atoms with van der Waals surface area (Å²) in [6.45, 7) is 10.7. The summed E-state index contributed by atoms with van der Waals surface area (Å²) in [7, 11) is 0. The molecule has 1 fully saturated rings. The van der Waals surface area contributed by atoms with Crippen molar-refractivity contribution in [2.24, 2.45) is 0 Å². The highest BCUT2D eigenvalue weighted by molar-refractivity contribution is 6.26. The Labute approximate surface area is 349 Å². The van der Waals surface area contributed by atoms with E-state index >= 15 is 0 Å². The highest BCUT2D eigenvalue weighted by Gasteiger charge is 2.45. The van der Waals surface area contributed by atoms with Crippen LogP contribution in [0.15, 0.2) is 18.2 Å². The number of imide groups is 2. The normalized spacial score (nSPS) is 15.3. The van der Waals surface area contributed by atoms with Gasteiger partial charge in [-0.2, -0.15) is 0 Å². The Morgan fingerprint density at radius 2 is 1.03 bits per heavy atom. The van der Waals surface area contributed by atoms with Crippen LogP contribution >= 0.6 is 0 Å². The summed E-state index contributed by atoms with van der Waals surface area (Å²) in [5, 5.41) is 4.91. The lowest BCUT2D eigenvalue weighted by Gasteiger charge is -2.27. The molecule has 2 aliphatic heterocycles. The molecule has 1 saturated heterocycles. The van der Waals surface area contributed by atoms with Crippen LogP contribution in [-0.4, -0.2) is 146 Å². The molecular formula is C43H69N3O13. The molecule has 0 spiro atoms. The lowest BCUT2D eigenvalue weighted by Crippen LogP contribution is -2.54. The number of piperidine rings is 1. The van der Waals surface area contributed by atoms with Crippen LogP contribution in [0, 0.1) is 0 Å². The van der Waals surface area contributed by atoms with E-state index in [1.807, 2.05) is 0 Å². The molecule has 16 heteroatoms. The number of unbranched alkanes of at least 4 members (excludes halogenated alkanes) is 9. The quantitative estimate of drug-likeness (QED) is 0.0681. The van der Waals surface area contributed by atoms with Crippen molar-refractivity contribution < 1.29 is 61.9 Å². The fourth-order valence-electron chi connectivity index (χ4n) is 6.48. The van der Waals surface area contributed by atoms with Crippen LogP contribution in [0.4, 0.5) is 5.69 Å². The first-order valence-corrected chi connectivity index (χ1v) is 21.7.